The molecule has 128 valence electrons. The van der Waals surface area contributed by atoms with Crippen molar-refractivity contribution in [1.29, 1.82) is 0 Å². The normalized spacial score (nSPS) is 26.6. The summed E-state index contributed by atoms with van der Waals surface area (Å²) in [7, 11) is -3.20. The van der Waals surface area contributed by atoms with Gasteiger partial charge in [-0.05, 0) is 32.1 Å². The summed E-state index contributed by atoms with van der Waals surface area (Å²) >= 11 is 0. The molecule has 0 spiro atoms. The number of carbonyl (C=O) groups is 1. The number of aromatic nitrogens is 1. The molecule has 0 bridgehead atoms. The summed E-state index contributed by atoms with van der Waals surface area (Å²) < 4.78 is 30.9. The second-order valence-corrected chi connectivity index (χ2v) is 8.43. The molecule has 0 N–H and O–H groups in total. The Balaban J connectivity index is 1.77. The van der Waals surface area contributed by atoms with Crippen LogP contribution in [-0.4, -0.2) is 60.4 Å². The maximum absolute atomic E-state index is 12.6. The molecule has 0 radical (unpaired) electrons. The third-order valence-electron chi connectivity index (χ3n) is 4.93. The summed E-state index contributed by atoms with van der Waals surface area (Å²) in [6.45, 7) is 3.46. The number of hydrogen-bond donors (Lipinski definition) is 0. The van der Waals surface area contributed by atoms with Crippen LogP contribution in [-0.2, 0) is 10.0 Å². The monoisotopic (exact) mass is 341 g/mol. The zero-order chi connectivity index (χ0) is 16.6. The predicted octanol–water partition coefficient (Wildman–Crippen LogP) is 1.26. The number of aryl methyl sites for hydroxylation is 1. The Bertz CT molecular complexity index is 685. The van der Waals surface area contributed by atoms with Crippen LogP contribution in [0.15, 0.2) is 10.8 Å². The minimum Gasteiger partial charge on any atom is -0.448 e. The quantitative estimate of drug-likeness (QED) is 0.808. The van der Waals surface area contributed by atoms with Gasteiger partial charge in [0.25, 0.3) is 5.91 Å². The lowest BCUT2D eigenvalue weighted by atomic mass is 9.89. The molecule has 3 rings (SSSR count). The third kappa shape index (κ3) is 3.28. The Labute approximate surface area is 136 Å². The molecule has 1 aromatic heterocycles. The van der Waals surface area contributed by atoms with Crippen LogP contribution in [0.25, 0.3) is 0 Å². The Morgan fingerprint density at radius 1 is 1.30 bits per heavy atom. The predicted molar refractivity (Wildman–Crippen MR) is 84.4 cm³/mol. The smallest absolute Gasteiger partial charge is 0.276 e. The summed E-state index contributed by atoms with van der Waals surface area (Å²) in [4.78, 5) is 18.4. The van der Waals surface area contributed by atoms with Crippen molar-refractivity contribution in [3.8, 4) is 0 Å². The number of carbonyl (C=O) groups excluding carboxylic acids is 1. The van der Waals surface area contributed by atoms with Crippen LogP contribution in [0.2, 0.25) is 0 Å². The standard InChI is InChI=1S/C15H23N3O4S/c1-11-14(16-10-22-11)15(19)17-8-6-13-12(9-17)5-3-4-7-18(13)23(2,20)21/h10,12-13H,3-9H2,1-2H3/t12-,13+/m0/s1. The molecule has 0 aliphatic carbocycles. The molecular formula is C15H23N3O4S. The maximum Gasteiger partial charge on any atom is 0.276 e. The zero-order valence-electron chi connectivity index (χ0n) is 13.6. The highest BCUT2D eigenvalue weighted by atomic mass is 32.2. The fourth-order valence-corrected chi connectivity index (χ4v) is 5.01. The molecule has 0 unspecified atom stereocenters. The van der Waals surface area contributed by atoms with Gasteiger partial charge in [-0.1, -0.05) is 6.42 Å². The molecule has 3 heterocycles. The molecule has 1 amide bonds. The van der Waals surface area contributed by atoms with E-state index >= 15 is 0 Å². The molecule has 2 aliphatic heterocycles. The number of amides is 1. The largest absolute Gasteiger partial charge is 0.448 e. The van der Waals surface area contributed by atoms with Gasteiger partial charge in [0.15, 0.2) is 12.1 Å². The van der Waals surface area contributed by atoms with Crippen LogP contribution in [0.5, 0.6) is 0 Å². The van der Waals surface area contributed by atoms with Crippen molar-refractivity contribution in [2.75, 3.05) is 25.9 Å². The van der Waals surface area contributed by atoms with E-state index in [1.165, 1.54) is 12.6 Å². The van der Waals surface area contributed by atoms with E-state index < -0.39 is 10.0 Å². The van der Waals surface area contributed by atoms with Crippen LogP contribution >= 0.6 is 0 Å². The molecule has 2 atom stereocenters. The number of likely N-dealkylation sites (tertiary alicyclic amines) is 1. The summed E-state index contributed by atoms with van der Waals surface area (Å²) in [5.41, 5.74) is 0.358. The van der Waals surface area contributed by atoms with Gasteiger partial charge in [0, 0.05) is 25.7 Å². The van der Waals surface area contributed by atoms with Crippen molar-refractivity contribution >= 4 is 15.9 Å². The Kier molecular flexibility index (Phi) is 4.46. The van der Waals surface area contributed by atoms with Crippen molar-refractivity contribution in [2.45, 2.75) is 38.6 Å². The van der Waals surface area contributed by atoms with E-state index in [0.29, 0.717) is 37.5 Å². The average Bonchev–Trinajstić information content (AvgIpc) is 2.80. The fourth-order valence-electron chi connectivity index (χ4n) is 3.78. The zero-order valence-corrected chi connectivity index (χ0v) is 14.4. The van der Waals surface area contributed by atoms with Gasteiger partial charge in [-0.3, -0.25) is 4.79 Å². The van der Waals surface area contributed by atoms with E-state index in [9.17, 15) is 13.2 Å². The SMILES string of the molecule is Cc1ocnc1C(=O)N1CC[C@@H]2[C@@H](CCCCN2S(C)(=O)=O)C1. The first kappa shape index (κ1) is 16.4. The van der Waals surface area contributed by atoms with Crippen molar-refractivity contribution in [2.24, 2.45) is 5.92 Å². The fraction of sp³-hybridized carbons (Fsp3) is 0.733. The van der Waals surface area contributed by atoms with E-state index in [1.807, 2.05) is 0 Å². The number of piperidine rings is 1. The molecule has 8 heteroatoms. The van der Waals surface area contributed by atoms with Gasteiger partial charge >= 0.3 is 0 Å². The molecule has 7 nitrogen and oxygen atoms in total. The van der Waals surface area contributed by atoms with Gasteiger partial charge in [0.05, 0.1) is 6.26 Å². The molecule has 23 heavy (non-hydrogen) atoms. The van der Waals surface area contributed by atoms with E-state index in [-0.39, 0.29) is 17.9 Å². The molecule has 0 saturated carbocycles. The lowest BCUT2D eigenvalue weighted by molar-refractivity contribution is 0.0569. The van der Waals surface area contributed by atoms with Gasteiger partial charge in [-0.15, -0.1) is 0 Å². The number of nitrogens with zero attached hydrogens (tertiary/aromatic N) is 3. The molecule has 0 aromatic carbocycles. The van der Waals surface area contributed by atoms with Gasteiger partial charge in [0.1, 0.15) is 5.76 Å². The third-order valence-corrected chi connectivity index (χ3v) is 6.23. The van der Waals surface area contributed by atoms with Gasteiger partial charge in [-0.25, -0.2) is 13.4 Å². The highest BCUT2D eigenvalue weighted by Crippen LogP contribution is 2.32. The summed E-state index contributed by atoms with van der Waals surface area (Å²) in [5, 5.41) is 0. The summed E-state index contributed by atoms with van der Waals surface area (Å²) in [5.74, 6) is 0.595. The van der Waals surface area contributed by atoms with Crippen LogP contribution in [0.4, 0.5) is 0 Å². The first-order valence-electron chi connectivity index (χ1n) is 8.04. The van der Waals surface area contributed by atoms with Crippen molar-refractivity contribution in [3.05, 3.63) is 17.8 Å². The first-order chi connectivity index (χ1) is 10.9. The van der Waals surface area contributed by atoms with E-state index in [1.54, 1.807) is 16.1 Å². The van der Waals surface area contributed by atoms with Crippen LogP contribution < -0.4 is 0 Å². The van der Waals surface area contributed by atoms with Gasteiger partial charge in [-0.2, -0.15) is 4.31 Å². The molecule has 2 fully saturated rings. The van der Waals surface area contributed by atoms with E-state index in [4.69, 9.17) is 4.42 Å². The van der Waals surface area contributed by atoms with Crippen LogP contribution in [0.1, 0.15) is 41.9 Å². The molecule has 2 aliphatic rings. The van der Waals surface area contributed by atoms with E-state index in [2.05, 4.69) is 4.98 Å². The lowest BCUT2D eigenvalue weighted by Crippen LogP contribution is -2.53. The topological polar surface area (TPSA) is 83.7 Å². The van der Waals surface area contributed by atoms with Crippen molar-refractivity contribution in [3.63, 3.8) is 0 Å². The summed E-state index contributed by atoms with van der Waals surface area (Å²) in [6.07, 6.45) is 6.09. The minimum absolute atomic E-state index is 0.00922. The summed E-state index contributed by atoms with van der Waals surface area (Å²) in [6, 6.07) is 0.00922. The molecule has 2 saturated heterocycles. The maximum atomic E-state index is 12.6. The lowest BCUT2D eigenvalue weighted by Gasteiger charge is -2.41. The highest BCUT2D eigenvalue weighted by Gasteiger charge is 2.40. The number of fused-ring (bicyclic) bond motifs is 1. The second kappa shape index (κ2) is 6.24. The minimum atomic E-state index is -3.20. The number of hydrogen-bond acceptors (Lipinski definition) is 5. The van der Waals surface area contributed by atoms with E-state index in [0.717, 1.165) is 19.3 Å². The highest BCUT2D eigenvalue weighted by molar-refractivity contribution is 7.88. The van der Waals surface area contributed by atoms with Gasteiger partial charge in [0.2, 0.25) is 10.0 Å². The second-order valence-electron chi connectivity index (χ2n) is 6.49. The Morgan fingerprint density at radius 2 is 2.09 bits per heavy atom. The first-order valence-corrected chi connectivity index (χ1v) is 9.89. The van der Waals surface area contributed by atoms with Crippen molar-refractivity contribution < 1.29 is 17.6 Å². The molecule has 1 aromatic rings. The average molecular weight is 341 g/mol. The number of sulfonamides is 1. The van der Waals surface area contributed by atoms with Gasteiger partial charge < -0.3 is 9.32 Å². The van der Waals surface area contributed by atoms with Crippen LogP contribution in [0.3, 0.4) is 0 Å². The Morgan fingerprint density at radius 3 is 2.74 bits per heavy atom. The van der Waals surface area contributed by atoms with Crippen LogP contribution in [0, 0.1) is 12.8 Å². The van der Waals surface area contributed by atoms with Crippen molar-refractivity contribution in [1.82, 2.24) is 14.2 Å². The number of rotatable bonds is 2. The Hall–Kier alpha value is -1.41. The number of oxazole rings is 1. The molecular weight excluding hydrogens is 318 g/mol.